The summed E-state index contributed by atoms with van der Waals surface area (Å²) in [6.45, 7) is 6.21. The van der Waals surface area contributed by atoms with Gasteiger partial charge in [-0.2, -0.15) is 0 Å². The minimum Gasteiger partial charge on any atom is -0.342 e. The number of hydrogen-bond acceptors (Lipinski definition) is 2. The van der Waals surface area contributed by atoms with Crippen molar-refractivity contribution in [2.24, 2.45) is 11.1 Å². The Balaban J connectivity index is 1.81. The van der Waals surface area contributed by atoms with Gasteiger partial charge >= 0.3 is 0 Å². The quantitative estimate of drug-likeness (QED) is 0.904. The molecule has 0 saturated carbocycles. The van der Waals surface area contributed by atoms with E-state index in [1.165, 1.54) is 0 Å². The first kappa shape index (κ1) is 14.1. The summed E-state index contributed by atoms with van der Waals surface area (Å²) in [6.07, 6.45) is 2.37. The molecule has 3 nitrogen and oxygen atoms in total. The van der Waals surface area contributed by atoms with E-state index in [-0.39, 0.29) is 17.4 Å². The number of hydrogen-bond donors (Lipinski definition) is 1. The van der Waals surface area contributed by atoms with E-state index < -0.39 is 0 Å². The number of likely N-dealkylation sites (tertiary alicyclic amines) is 1. The number of rotatable bonds is 4. The van der Waals surface area contributed by atoms with E-state index in [9.17, 15) is 4.79 Å². The Labute approximate surface area is 115 Å². The molecular weight excluding hydrogens is 236 g/mol. The highest BCUT2D eigenvalue weighted by Crippen LogP contribution is 2.29. The van der Waals surface area contributed by atoms with Gasteiger partial charge in [-0.3, -0.25) is 4.79 Å². The van der Waals surface area contributed by atoms with E-state index in [4.69, 9.17) is 5.73 Å². The summed E-state index contributed by atoms with van der Waals surface area (Å²) in [5, 5.41) is 0. The zero-order valence-corrected chi connectivity index (χ0v) is 11.9. The van der Waals surface area contributed by atoms with Gasteiger partial charge in [0.1, 0.15) is 0 Å². The van der Waals surface area contributed by atoms with Gasteiger partial charge in [0.2, 0.25) is 5.91 Å². The van der Waals surface area contributed by atoms with Crippen LogP contribution < -0.4 is 5.73 Å². The van der Waals surface area contributed by atoms with Gasteiger partial charge in [-0.25, -0.2) is 0 Å². The van der Waals surface area contributed by atoms with Crippen molar-refractivity contribution in [2.75, 3.05) is 13.1 Å². The second kappa shape index (κ2) is 5.74. The molecule has 1 atom stereocenters. The highest BCUT2D eigenvalue weighted by atomic mass is 16.2. The van der Waals surface area contributed by atoms with Gasteiger partial charge in [-0.1, -0.05) is 44.2 Å². The van der Waals surface area contributed by atoms with Crippen LogP contribution in [0.1, 0.15) is 44.7 Å². The van der Waals surface area contributed by atoms with Crippen LogP contribution in [0.4, 0.5) is 0 Å². The fourth-order valence-corrected chi connectivity index (χ4v) is 2.63. The Morgan fingerprint density at radius 3 is 2.63 bits per heavy atom. The summed E-state index contributed by atoms with van der Waals surface area (Å²) in [4.78, 5) is 14.1. The number of amides is 1. The van der Waals surface area contributed by atoms with Crippen molar-refractivity contribution in [3.8, 4) is 0 Å². The molecule has 1 aromatic carbocycles. The molecule has 104 valence electrons. The Hall–Kier alpha value is -1.35. The van der Waals surface area contributed by atoms with Crippen LogP contribution in [-0.4, -0.2) is 23.9 Å². The Morgan fingerprint density at radius 2 is 2.05 bits per heavy atom. The summed E-state index contributed by atoms with van der Waals surface area (Å²) >= 11 is 0. The van der Waals surface area contributed by atoms with Crippen molar-refractivity contribution in [3.05, 3.63) is 35.9 Å². The molecule has 1 unspecified atom stereocenters. The van der Waals surface area contributed by atoms with Crippen molar-refractivity contribution in [1.82, 2.24) is 4.90 Å². The molecule has 2 rings (SSSR count). The highest BCUT2D eigenvalue weighted by molar-refractivity contribution is 5.76. The minimum atomic E-state index is -0.0410. The predicted octanol–water partition coefficient (Wildman–Crippen LogP) is 2.73. The van der Waals surface area contributed by atoms with E-state index in [0.717, 1.165) is 31.5 Å². The van der Waals surface area contributed by atoms with Gasteiger partial charge in [-0.15, -0.1) is 0 Å². The smallest absolute Gasteiger partial charge is 0.222 e. The minimum absolute atomic E-state index is 0.0410. The molecule has 0 radical (unpaired) electrons. The molecule has 1 amide bonds. The van der Waals surface area contributed by atoms with Crippen molar-refractivity contribution < 1.29 is 4.79 Å². The summed E-state index contributed by atoms with van der Waals surface area (Å²) < 4.78 is 0. The highest BCUT2D eigenvalue weighted by Gasteiger charge is 2.31. The van der Waals surface area contributed by atoms with E-state index >= 15 is 0 Å². The molecule has 1 saturated heterocycles. The summed E-state index contributed by atoms with van der Waals surface area (Å²) in [5.74, 6) is 0.247. The van der Waals surface area contributed by atoms with Gasteiger partial charge in [0.05, 0.1) is 0 Å². The normalized spacial score (nSPS) is 19.4. The van der Waals surface area contributed by atoms with Crippen LogP contribution in [0.5, 0.6) is 0 Å². The largest absolute Gasteiger partial charge is 0.342 e. The molecular formula is C16H24N2O. The molecule has 2 N–H and O–H groups in total. The van der Waals surface area contributed by atoms with Crippen molar-refractivity contribution in [3.63, 3.8) is 0 Å². The molecule has 1 aliphatic rings. The first-order chi connectivity index (χ1) is 8.98. The van der Waals surface area contributed by atoms with Crippen LogP contribution in [0.25, 0.3) is 0 Å². The maximum atomic E-state index is 12.1. The van der Waals surface area contributed by atoms with Gasteiger partial charge in [0, 0.05) is 25.6 Å². The molecule has 0 spiro atoms. The topological polar surface area (TPSA) is 46.3 Å². The van der Waals surface area contributed by atoms with Crippen LogP contribution in [0.15, 0.2) is 30.3 Å². The maximum absolute atomic E-state index is 12.1. The molecule has 1 aromatic rings. The lowest BCUT2D eigenvalue weighted by Crippen LogP contribution is -2.30. The van der Waals surface area contributed by atoms with Gasteiger partial charge < -0.3 is 10.6 Å². The predicted molar refractivity (Wildman–Crippen MR) is 77.6 cm³/mol. The first-order valence-electron chi connectivity index (χ1n) is 7.06. The van der Waals surface area contributed by atoms with E-state index in [2.05, 4.69) is 13.8 Å². The second-order valence-corrected chi connectivity index (χ2v) is 6.29. The average molecular weight is 260 g/mol. The molecule has 1 fully saturated rings. The van der Waals surface area contributed by atoms with E-state index in [1.807, 2.05) is 35.2 Å². The molecule has 3 heteroatoms. The van der Waals surface area contributed by atoms with Gasteiger partial charge in [0.15, 0.2) is 0 Å². The molecule has 1 heterocycles. The van der Waals surface area contributed by atoms with Crippen LogP contribution >= 0.6 is 0 Å². The maximum Gasteiger partial charge on any atom is 0.222 e. The molecule has 0 aromatic heterocycles. The van der Waals surface area contributed by atoms with Crippen LogP contribution in [0.2, 0.25) is 0 Å². The number of carbonyl (C=O) groups excluding carboxylic acids is 1. The Kier molecular flexibility index (Phi) is 4.25. The van der Waals surface area contributed by atoms with Crippen LogP contribution in [-0.2, 0) is 4.79 Å². The zero-order valence-electron chi connectivity index (χ0n) is 11.9. The second-order valence-electron chi connectivity index (χ2n) is 6.29. The lowest BCUT2D eigenvalue weighted by atomic mass is 9.93. The molecule has 19 heavy (non-hydrogen) atoms. The lowest BCUT2D eigenvalue weighted by molar-refractivity contribution is -0.130. The zero-order chi connectivity index (χ0) is 13.9. The summed E-state index contributed by atoms with van der Waals surface area (Å²) in [7, 11) is 0. The molecule has 1 aliphatic heterocycles. The third-order valence-corrected chi connectivity index (χ3v) is 3.93. The average Bonchev–Trinajstić information content (AvgIpc) is 2.77. The summed E-state index contributed by atoms with van der Waals surface area (Å²) in [6, 6.07) is 9.95. The van der Waals surface area contributed by atoms with Gasteiger partial charge in [0.25, 0.3) is 0 Å². The SMILES string of the molecule is CC1(C)CCN(C(=O)CCC(N)c2ccccc2)C1. The number of nitrogens with two attached hydrogens (primary N) is 1. The fourth-order valence-electron chi connectivity index (χ4n) is 2.63. The Morgan fingerprint density at radius 1 is 1.37 bits per heavy atom. The number of carbonyl (C=O) groups is 1. The summed E-state index contributed by atoms with van der Waals surface area (Å²) in [5.41, 5.74) is 7.51. The third kappa shape index (κ3) is 3.80. The monoisotopic (exact) mass is 260 g/mol. The lowest BCUT2D eigenvalue weighted by Gasteiger charge is -2.20. The first-order valence-corrected chi connectivity index (χ1v) is 7.06. The van der Waals surface area contributed by atoms with E-state index in [1.54, 1.807) is 0 Å². The Bertz CT molecular complexity index is 428. The fraction of sp³-hybridized carbons (Fsp3) is 0.562. The van der Waals surface area contributed by atoms with Crippen molar-refractivity contribution in [1.29, 1.82) is 0 Å². The van der Waals surface area contributed by atoms with Crippen LogP contribution in [0.3, 0.4) is 0 Å². The number of nitrogens with zero attached hydrogens (tertiary/aromatic N) is 1. The standard InChI is InChI=1S/C16H24N2O/c1-16(2)10-11-18(12-16)15(19)9-8-14(17)13-6-4-3-5-7-13/h3-7,14H,8-12,17H2,1-2H3. The molecule has 0 bridgehead atoms. The number of benzene rings is 1. The van der Waals surface area contributed by atoms with Gasteiger partial charge in [-0.05, 0) is 23.8 Å². The third-order valence-electron chi connectivity index (χ3n) is 3.93. The van der Waals surface area contributed by atoms with Crippen LogP contribution in [0, 0.1) is 5.41 Å². The molecule has 0 aliphatic carbocycles. The van der Waals surface area contributed by atoms with E-state index in [0.29, 0.717) is 6.42 Å². The van der Waals surface area contributed by atoms with Crippen molar-refractivity contribution in [2.45, 2.75) is 39.2 Å². The van der Waals surface area contributed by atoms with Crippen molar-refractivity contribution >= 4 is 5.91 Å².